The summed E-state index contributed by atoms with van der Waals surface area (Å²) in [6, 6.07) is 27.4. The van der Waals surface area contributed by atoms with Crippen LogP contribution in [0.1, 0.15) is 0 Å². The Kier molecular flexibility index (Phi) is 3.35. The van der Waals surface area contributed by atoms with Crippen LogP contribution in [-0.2, 0) is 9.31 Å². The van der Waals surface area contributed by atoms with Gasteiger partial charge in [0.05, 0.1) is 16.6 Å². The molecule has 2 aromatic heterocycles. The molecule has 0 spiro atoms. The summed E-state index contributed by atoms with van der Waals surface area (Å²) in [7, 11) is -0.542. The Labute approximate surface area is 184 Å². The third kappa shape index (κ3) is 2.25. The van der Waals surface area contributed by atoms with Crippen molar-refractivity contribution < 1.29 is 9.31 Å². The first-order chi connectivity index (χ1) is 15.7. The predicted octanol–water partition coefficient (Wildman–Crippen LogP) is 5.72. The Morgan fingerprint density at radius 1 is 0.719 bits per heavy atom. The summed E-state index contributed by atoms with van der Waals surface area (Å²) in [5.74, 6) is 0.947. The van der Waals surface area contributed by atoms with Gasteiger partial charge in [0, 0.05) is 21.6 Å². The summed E-state index contributed by atoms with van der Waals surface area (Å²) in [6.45, 7) is 7.75. The number of nitrogens with zero attached hydrogens (tertiary/aromatic N) is 2. The molecule has 7 rings (SSSR count). The molecule has 0 atom stereocenters. The van der Waals surface area contributed by atoms with Crippen LogP contribution in [0, 0.1) is 0 Å². The maximum absolute atomic E-state index is 5.82. The molecule has 0 amide bonds. The zero-order valence-corrected chi connectivity index (χ0v) is 17.2. The predicted molar refractivity (Wildman–Crippen MR) is 131 cm³/mol. The zero-order chi connectivity index (χ0) is 21.4. The highest BCUT2D eigenvalue weighted by atomic mass is 16.6. The van der Waals surface area contributed by atoms with Gasteiger partial charge in [-0.25, -0.2) is 4.98 Å². The Bertz CT molecular complexity index is 1770. The molecule has 0 saturated carbocycles. The SMILES string of the molecule is C=C1OB(c2ccc3c(c2)c2c4ccccc4ccc2c2nc4ccccc4n32)OC1=C. The van der Waals surface area contributed by atoms with E-state index in [1.807, 2.05) is 12.1 Å². The van der Waals surface area contributed by atoms with Gasteiger partial charge in [-0.2, -0.15) is 0 Å². The number of para-hydroxylation sites is 2. The van der Waals surface area contributed by atoms with Crippen LogP contribution in [0.15, 0.2) is 104 Å². The Balaban J connectivity index is 1.69. The highest BCUT2D eigenvalue weighted by Gasteiger charge is 2.34. The van der Waals surface area contributed by atoms with E-state index in [-0.39, 0.29) is 0 Å². The van der Waals surface area contributed by atoms with Crippen molar-refractivity contribution in [1.82, 2.24) is 9.38 Å². The highest BCUT2D eigenvalue weighted by molar-refractivity contribution is 6.63. The van der Waals surface area contributed by atoms with Crippen LogP contribution in [0.25, 0.3) is 49.1 Å². The van der Waals surface area contributed by atoms with E-state index in [1.54, 1.807) is 0 Å². The quantitative estimate of drug-likeness (QED) is 0.256. The van der Waals surface area contributed by atoms with Crippen molar-refractivity contribution >= 4 is 61.7 Å². The van der Waals surface area contributed by atoms with Gasteiger partial charge in [-0.05, 0) is 41.1 Å². The molecule has 6 aromatic rings. The minimum Gasteiger partial charge on any atom is -0.520 e. The third-order valence-electron chi connectivity index (χ3n) is 6.34. The van der Waals surface area contributed by atoms with Gasteiger partial charge in [0.25, 0.3) is 0 Å². The first kappa shape index (κ1) is 17.4. The molecule has 0 aliphatic carbocycles. The molecule has 150 valence electrons. The van der Waals surface area contributed by atoms with E-state index in [1.165, 1.54) is 16.2 Å². The first-order valence-electron chi connectivity index (χ1n) is 10.5. The maximum Gasteiger partial charge on any atom is 0.632 e. The molecule has 0 unspecified atom stereocenters. The lowest BCUT2D eigenvalue weighted by molar-refractivity contribution is 0.431. The lowest BCUT2D eigenvalue weighted by Crippen LogP contribution is -2.31. The zero-order valence-electron chi connectivity index (χ0n) is 17.2. The molecule has 0 N–H and O–H groups in total. The van der Waals surface area contributed by atoms with E-state index in [4.69, 9.17) is 14.3 Å². The smallest absolute Gasteiger partial charge is 0.520 e. The number of benzene rings is 4. The van der Waals surface area contributed by atoms with Crippen molar-refractivity contribution in [3.8, 4) is 0 Å². The Morgan fingerprint density at radius 2 is 1.50 bits per heavy atom. The number of hydrogen-bond donors (Lipinski definition) is 0. The Hall–Kier alpha value is -4.25. The van der Waals surface area contributed by atoms with Crippen LogP contribution in [0.4, 0.5) is 0 Å². The summed E-state index contributed by atoms with van der Waals surface area (Å²) in [4.78, 5) is 5.01. The lowest BCUT2D eigenvalue weighted by Gasteiger charge is -2.13. The molecule has 1 saturated heterocycles. The number of fused-ring (bicyclic) bond motifs is 10. The van der Waals surface area contributed by atoms with Crippen LogP contribution in [0.5, 0.6) is 0 Å². The summed E-state index contributed by atoms with van der Waals surface area (Å²) < 4.78 is 13.9. The minimum atomic E-state index is -0.542. The fraction of sp³-hybridized carbons (Fsp3) is 0. The van der Waals surface area contributed by atoms with Crippen LogP contribution >= 0.6 is 0 Å². The monoisotopic (exact) mass is 412 g/mol. The fourth-order valence-corrected chi connectivity index (χ4v) is 4.84. The second-order valence-corrected chi connectivity index (χ2v) is 8.16. The van der Waals surface area contributed by atoms with Gasteiger partial charge < -0.3 is 9.31 Å². The number of aromatic nitrogens is 2. The molecule has 0 radical (unpaired) electrons. The number of imidazole rings is 1. The molecular weight excluding hydrogens is 395 g/mol. The lowest BCUT2D eigenvalue weighted by atomic mass is 9.78. The van der Waals surface area contributed by atoms with Crippen LogP contribution in [-0.4, -0.2) is 16.5 Å². The second-order valence-electron chi connectivity index (χ2n) is 8.16. The summed E-state index contributed by atoms with van der Waals surface area (Å²) in [5, 5.41) is 5.82. The van der Waals surface area contributed by atoms with Crippen molar-refractivity contribution in [2.24, 2.45) is 0 Å². The van der Waals surface area contributed by atoms with Gasteiger partial charge >= 0.3 is 7.12 Å². The molecular formula is C27H17BN2O2. The van der Waals surface area contributed by atoms with Crippen LogP contribution in [0.3, 0.4) is 0 Å². The standard InChI is InChI=1S/C27H17BN2O2/c1-16-17(2)32-28(31-16)19-12-14-24-22(15-19)26-20-8-4-3-7-18(20)11-13-21(26)27-29-23-9-5-6-10-25(23)30(24)27/h3-15H,1-2H2. The fourth-order valence-electron chi connectivity index (χ4n) is 4.84. The molecule has 4 nitrogen and oxygen atoms in total. The topological polar surface area (TPSA) is 35.8 Å². The first-order valence-corrected chi connectivity index (χ1v) is 10.5. The molecule has 5 heteroatoms. The summed E-state index contributed by atoms with van der Waals surface area (Å²) in [6.07, 6.45) is 0. The maximum atomic E-state index is 5.82. The van der Waals surface area contributed by atoms with E-state index in [2.05, 4.69) is 84.3 Å². The molecule has 4 aromatic carbocycles. The molecule has 32 heavy (non-hydrogen) atoms. The van der Waals surface area contributed by atoms with Crippen molar-refractivity contribution in [2.75, 3.05) is 0 Å². The molecule has 1 fully saturated rings. The van der Waals surface area contributed by atoms with Gasteiger partial charge in [0.1, 0.15) is 17.2 Å². The molecule has 1 aliphatic heterocycles. The van der Waals surface area contributed by atoms with Crippen LogP contribution < -0.4 is 5.46 Å². The van der Waals surface area contributed by atoms with E-state index < -0.39 is 7.12 Å². The number of hydrogen-bond acceptors (Lipinski definition) is 3. The van der Waals surface area contributed by atoms with Crippen molar-refractivity contribution in [1.29, 1.82) is 0 Å². The van der Waals surface area contributed by atoms with Gasteiger partial charge in [-0.3, -0.25) is 4.40 Å². The van der Waals surface area contributed by atoms with E-state index >= 15 is 0 Å². The van der Waals surface area contributed by atoms with E-state index in [0.29, 0.717) is 11.5 Å². The van der Waals surface area contributed by atoms with E-state index in [0.717, 1.165) is 38.4 Å². The Morgan fingerprint density at radius 3 is 2.38 bits per heavy atom. The van der Waals surface area contributed by atoms with Crippen molar-refractivity contribution in [2.45, 2.75) is 0 Å². The van der Waals surface area contributed by atoms with Gasteiger partial charge in [-0.1, -0.05) is 61.7 Å². The third-order valence-corrected chi connectivity index (χ3v) is 6.34. The number of pyridine rings is 1. The summed E-state index contributed by atoms with van der Waals surface area (Å²) in [5.41, 5.74) is 5.05. The normalized spacial score (nSPS) is 14.2. The van der Waals surface area contributed by atoms with Gasteiger partial charge in [-0.15, -0.1) is 0 Å². The molecule has 3 heterocycles. The van der Waals surface area contributed by atoms with Gasteiger partial charge in [0.2, 0.25) is 0 Å². The largest absolute Gasteiger partial charge is 0.632 e. The number of rotatable bonds is 1. The summed E-state index contributed by atoms with van der Waals surface area (Å²) >= 11 is 0. The second kappa shape index (κ2) is 6.14. The van der Waals surface area contributed by atoms with E-state index in [9.17, 15) is 0 Å². The van der Waals surface area contributed by atoms with Crippen molar-refractivity contribution in [3.63, 3.8) is 0 Å². The highest BCUT2D eigenvalue weighted by Crippen LogP contribution is 2.36. The average molecular weight is 412 g/mol. The minimum absolute atomic E-state index is 0.474. The van der Waals surface area contributed by atoms with Crippen molar-refractivity contribution in [3.05, 3.63) is 104 Å². The molecule has 1 aliphatic rings. The van der Waals surface area contributed by atoms with Gasteiger partial charge in [0.15, 0.2) is 0 Å². The van der Waals surface area contributed by atoms with Crippen LogP contribution in [0.2, 0.25) is 0 Å². The average Bonchev–Trinajstić information content (AvgIpc) is 3.38. The molecule has 0 bridgehead atoms.